The quantitative estimate of drug-likeness (QED) is 0.384. The van der Waals surface area contributed by atoms with E-state index in [9.17, 15) is 10.1 Å². The van der Waals surface area contributed by atoms with Gasteiger partial charge in [0, 0.05) is 10.5 Å². The molecule has 0 fully saturated rings. The standard InChI is InChI=1S/C7H7N2O2/c8-7(9(10)11)6-4-2-1-3-5-6/h2-5,7H,8H2. The highest BCUT2D eigenvalue weighted by Crippen LogP contribution is 2.08. The maximum absolute atomic E-state index is 10.2. The molecule has 11 heavy (non-hydrogen) atoms. The van der Waals surface area contributed by atoms with Gasteiger partial charge in [0.15, 0.2) is 0 Å². The third kappa shape index (κ3) is 1.75. The molecule has 1 rings (SSSR count). The minimum absolute atomic E-state index is 0.494. The molecule has 0 aliphatic rings. The van der Waals surface area contributed by atoms with Gasteiger partial charge in [-0.05, 0) is 6.07 Å². The zero-order chi connectivity index (χ0) is 8.27. The lowest BCUT2D eigenvalue weighted by atomic mass is 10.2. The monoisotopic (exact) mass is 151 g/mol. The first-order chi connectivity index (χ1) is 5.22. The lowest BCUT2D eigenvalue weighted by Gasteiger charge is -2.01. The van der Waals surface area contributed by atoms with Crippen LogP contribution in [0.4, 0.5) is 0 Å². The van der Waals surface area contributed by atoms with Crippen molar-refractivity contribution in [2.45, 2.75) is 6.17 Å². The SMILES string of the molecule is NC(c1cc[c]cc1)[N+](=O)[O-]. The lowest BCUT2D eigenvalue weighted by Crippen LogP contribution is -2.19. The van der Waals surface area contributed by atoms with Crippen molar-refractivity contribution in [3.8, 4) is 0 Å². The Morgan fingerprint density at radius 1 is 1.55 bits per heavy atom. The summed E-state index contributed by atoms with van der Waals surface area (Å²) in [6, 6.07) is 9.09. The summed E-state index contributed by atoms with van der Waals surface area (Å²) in [5.41, 5.74) is 5.72. The van der Waals surface area contributed by atoms with Crippen LogP contribution in [0.1, 0.15) is 11.7 Å². The van der Waals surface area contributed by atoms with Gasteiger partial charge in [0.25, 0.3) is 6.17 Å². The summed E-state index contributed by atoms with van der Waals surface area (Å²) in [4.78, 5) is 9.64. The van der Waals surface area contributed by atoms with Crippen molar-refractivity contribution in [3.05, 3.63) is 46.0 Å². The van der Waals surface area contributed by atoms with Crippen LogP contribution in [0.25, 0.3) is 0 Å². The molecule has 0 aliphatic heterocycles. The Morgan fingerprint density at radius 2 is 2.09 bits per heavy atom. The number of hydrogen-bond donors (Lipinski definition) is 1. The molecule has 0 heterocycles. The van der Waals surface area contributed by atoms with E-state index in [4.69, 9.17) is 5.73 Å². The summed E-state index contributed by atoms with van der Waals surface area (Å²) in [5.74, 6) is 0. The Kier molecular flexibility index (Phi) is 2.18. The van der Waals surface area contributed by atoms with Gasteiger partial charge in [-0.2, -0.15) is 0 Å². The molecule has 0 saturated carbocycles. The van der Waals surface area contributed by atoms with E-state index >= 15 is 0 Å². The molecule has 1 aromatic rings. The fourth-order valence-electron chi connectivity index (χ4n) is 0.719. The Hall–Kier alpha value is -1.42. The van der Waals surface area contributed by atoms with E-state index in [-0.39, 0.29) is 0 Å². The zero-order valence-corrected chi connectivity index (χ0v) is 5.73. The molecule has 57 valence electrons. The topological polar surface area (TPSA) is 69.2 Å². The second kappa shape index (κ2) is 3.12. The highest BCUT2D eigenvalue weighted by Gasteiger charge is 2.14. The number of nitro groups is 1. The maximum atomic E-state index is 10.2. The van der Waals surface area contributed by atoms with Crippen molar-refractivity contribution in [2.24, 2.45) is 5.73 Å². The third-order valence-corrected chi connectivity index (χ3v) is 1.31. The van der Waals surface area contributed by atoms with Crippen LogP contribution in [0.5, 0.6) is 0 Å². The van der Waals surface area contributed by atoms with E-state index in [0.717, 1.165) is 0 Å². The highest BCUT2D eigenvalue weighted by molar-refractivity contribution is 5.15. The second-order valence-electron chi connectivity index (χ2n) is 2.06. The summed E-state index contributed by atoms with van der Waals surface area (Å²) in [7, 11) is 0. The maximum Gasteiger partial charge on any atom is 0.289 e. The summed E-state index contributed by atoms with van der Waals surface area (Å²) >= 11 is 0. The Balaban J connectivity index is 2.85. The molecule has 0 aromatic heterocycles. The first-order valence-electron chi connectivity index (χ1n) is 3.07. The van der Waals surface area contributed by atoms with Crippen LogP contribution in [-0.4, -0.2) is 4.92 Å². The van der Waals surface area contributed by atoms with E-state index in [0.29, 0.717) is 5.56 Å². The second-order valence-corrected chi connectivity index (χ2v) is 2.06. The fourth-order valence-corrected chi connectivity index (χ4v) is 0.719. The van der Waals surface area contributed by atoms with Crippen LogP contribution in [0, 0.1) is 16.2 Å². The smallest absolute Gasteiger partial charge is 0.264 e. The van der Waals surface area contributed by atoms with Gasteiger partial charge < -0.3 is 0 Å². The van der Waals surface area contributed by atoms with Crippen molar-refractivity contribution in [3.63, 3.8) is 0 Å². The summed E-state index contributed by atoms with van der Waals surface area (Å²) in [6.07, 6.45) is -1.12. The summed E-state index contributed by atoms with van der Waals surface area (Å²) in [5, 5.41) is 10.2. The largest absolute Gasteiger partial charge is 0.289 e. The average molecular weight is 151 g/mol. The third-order valence-electron chi connectivity index (χ3n) is 1.31. The number of hydrogen-bond acceptors (Lipinski definition) is 3. The van der Waals surface area contributed by atoms with Gasteiger partial charge in [-0.15, -0.1) is 0 Å². The van der Waals surface area contributed by atoms with Crippen LogP contribution in [0.3, 0.4) is 0 Å². The van der Waals surface area contributed by atoms with Gasteiger partial charge in [-0.3, -0.25) is 15.8 Å². The van der Waals surface area contributed by atoms with Gasteiger partial charge in [0.1, 0.15) is 0 Å². The van der Waals surface area contributed by atoms with Gasteiger partial charge in [0.2, 0.25) is 0 Å². The average Bonchev–Trinajstić information content (AvgIpc) is 2.05. The van der Waals surface area contributed by atoms with Crippen molar-refractivity contribution in [1.29, 1.82) is 0 Å². The van der Waals surface area contributed by atoms with E-state index in [1.807, 2.05) is 0 Å². The Bertz CT molecular complexity index is 248. The van der Waals surface area contributed by atoms with E-state index in [1.165, 1.54) is 0 Å². The van der Waals surface area contributed by atoms with Gasteiger partial charge >= 0.3 is 0 Å². The molecule has 2 N–H and O–H groups in total. The molecule has 0 bridgehead atoms. The minimum Gasteiger partial charge on any atom is -0.264 e. The molecular weight excluding hydrogens is 144 g/mol. The van der Waals surface area contributed by atoms with Crippen molar-refractivity contribution in [1.82, 2.24) is 0 Å². The molecule has 0 amide bonds. The summed E-state index contributed by atoms with van der Waals surface area (Å²) in [6.45, 7) is 0. The first-order valence-corrected chi connectivity index (χ1v) is 3.07. The Morgan fingerprint density at radius 3 is 2.55 bits per heavy atom. The molecule has 0 saturated heterocycles. The molecule has 1 unspecified atom stereocenters. The van der Waals surface area contributed by atoms with E-state index in [1.54, 1.807) is 24.3 Å². The van der Waals surface area contributed by atoms with Crippen molar-refractivity contribution in [2.75, 3.05) is 0 Å². The molecular formula is C7H7N2O2. The first kappa shape index (κ1) is 7.68. The van der Waals surface area contributed by atoms with Crippen LogP contribution < -0.4 is 5.73 Å². The molecule has 4 heteroatoms. The number of nitrogens with two attached hydrogens (primary N) is 1. The number of rotatable bonds is 2. The lowest BCUT2D eigenvalue weighted by molar-refractivity contribution is -0.527. The van der Waals surface area contributed by atoms with Gasteiger partial charge in [0.05, 0.1) is 0 Å². The minimum atomic E-state index is -1.12. The van der Waals surface area contributed by atoms with Crippen LogP contribution in [0.2, 0.25) is 0 Å². The molecule has 0 spiro atoms. The van der Waals surface area contributed by atoms with Crippen molar-refractivity contribution >= 4 is 0 Å². The van der Waals surface area contributed by atoms with Crippen molar-refractivity contribution < 1.29 is 4.92 Å². The zero-order valence-electron chi connectivity index (χ0n) is 5.73. The number of benzene rings is 1. The summed E-state index contributed by atoms with van der Waals surface area (Å²) < 4.78 is 0. The molecule has 1 aromatic carbocycles. The highest BCUT2D eigenvalue weighted by atomic mass is 16.6. The van der Waals surface area contributed by atoms with E-state index < -0.39 is 11.1 Å². The predicted molar refractivity (Wildman–Crippen MR) is 39.2 cm³/mol. The number of nitrogens with zero attached hydrogens (tertiary/aromatic N) is 1. The molecule has 4 nitrogen and oxygen atoms in total. The van der Waals surface area contributed by atoms with Gasteiger partial charge in [-0.25, -0.2) is 0 Å². The van der Waals surface area contributed by atoms with Crippen LogP contribution in [-0.2, 0) is 0 Å². The Labute approximate surface area is 63.8 Å². The normalized spacial score (nSPS) is 12.5. The van der Waals surface area contributed by atoms with Crippen LogP contribution >= 0.6 is 0 Å². The molecule has 1 atom stereocenters. The van der Waals surface area contributed by atoms with E-state index in [2.05, 4.69) is 6.07 Å². The molecule has 0 aliphatic carbocycles. The fraction of sp³-hybridized carbons (Fsp3) is 0.143. The van der Waals surface area contributed by atoms with Gasteiger partial charge in [-0.1, -0.05) is 24.3 Å². The molecule has 1 radical (unpaired) electrons. The predicted octanol–water partition coefficient (Wildman–Crippen LogP) is 0.721. The van der Waals surface area contributed by atoms with Crippen LogP contribution in [0.15, 0.2) is 24.3 Å².